The van der Waals surface area contributed by atoms with Crippen LogP contribution in [0.5, 0.6) is 11.5 Å². The summed E-state index contributed by atoms with van der Waals surface area (Å²) in [6.07, 6.45) is 2.07. The fourth-order valence-corrected chi connectivity index (χ4v) is 3.05. The minimum Gasteiger partial charge on any atom is -0.497 e. The summed E-state index contributed by atoms with van der Waals surface area (Å²) < 4.78 is 10.6. The number of aromatic nitrogens is 4. The molecule has 8 nitrogen and oxygen atoms in total. The molecular weight excluding hydrogens is 358 g/mol. The first-order valence-corrected chi connectivity index (χ1v) is 8.67. The van der Waals surface area contributed by atoms with Gasteiger partial charge in [-0.05, 0) is 23.8 Å². The molecule has 0 saturated carbocycles. The Labute approximate surface area is 160 Å². The number of hydrogen-bond acceptors (Lipinski definition) is 5. The molecule has 1 amide bonds. The number of hydrogen-bond donors (Lipinski definition) is 3. The average Bonchev–Trinajstić information content (AvgIpc) is 3.35. The molecule has 4 rings (SSSR count). The smallest absolute Gasteiger partial charge is 0.249 e. The number of benzene rings is 2. The van der Waals surface area contributed by atoms with E-state index >= 15 is 0 Å². The largest absolute Gasteiger partial charge is 0.497 e. The number of aromatic amines is 2. The highest BCUT2D eigenvalue weighted by molar-refractivity contribution is 5.94. The Hall–Kier alpha value is -3.81. The monoisotopic (exact) mass is 377 g/mol. The second kappa shape index (κ2) is 7.43. The van der Waals surface area contributed by atoms with Crippen molar-refractivity contribution in [2.45, 2.75) is 6.42 Å². The lowest BCUT2D eigenvalue weighted by Gasteiger charge is -2.07. The Morgan fingerprint density at radius 1 is 1.14 bits per heavy atom. The molecule has 0 atom stereocenters. The summed E-state index contributed by atoms with van der Waals surface area (Å²) in [5.74, 6) is 1.76. The molecule has 0 aliphatic heterocycles. The van der Waals surface area contributed by atoms with Gasteiger partial charge in [-0.15, -0.1) is 5.10 Å². The summed E-state index contributed by atoms with van der Waals surface area (Å²) in [5, 5.41) is 10.7. The Balaban J connectivity index is 1.50. The molecule has 142 valence electrons. The molecule has 0 spiro atoms. The number of fused-ring (bicyclic) bond motifs is 1. The van der Waals surface area contributed by atoms with E-state index in [4.69, 9.17) is 9.47 Å². The number of H-pyrrole nitrogens is 2. The third-order valence-corrected chi connectivity index (χ3v) is 4.43. The van der Waals surface area contributed by atoms with Crippen LogP contribution in [0.2, 0.25) is 0 Å². The Morgan fingerprint density at radius 3 is 2.82 bits per heavy atom. The van der Waals surface area contributed by atoms with Crippen molar-refractivity contribution in [2.75, 3.05) is 19.5 Å². The van der Waals surface area contributed by atoms with Crippen LogP contribution in [-0.4, -0.2) is 40.3 Å². The van der Waals surface area contributed by atoms with Gasteiger partial charge in [0.25, 0.3) is 0 Å². The van der Waals surface area contributed by atoms with Gasteiger partial charge in [0.2, 0.25) is 11.9 Å². The van der Waals surface area contributed by atoms with Crippen molar-refractivity contribution in [1.82, 2.24) is 20.2 Å². The number of para-hydroxylation sites is 1. The topological polar surface area (TPSA) is 105 Å². The fraction of sp³-hybridized carbons (Fsp3) is 0.150. The van der Waals surface area contributed by atoms with Crippen molar-refractivity contribution in [1.29, 1.82) is 0 Å². The van der Waals surface area contributed by atoms with Gasteiger partial charge in [-0.2, -0.15) is 4.98 Å². The number of carbonyl (C=O) groups is 1. The minimum absolute atomic E-state index is 0.197. The van der Waals surface area contributed by atoms with Crippen LogP contribution in [0.3, 0.4) is 0 Å². The highest BCUT2D eigenvalue weighted by Crippen LogP contribution is 2.31. The van der Waals surface area contributed by atoms with Gasteiger partial charge in [-0.3, -0.25) is 15.2 Å². The molecule has 4 aromatic rings. The summed E-state index contributed by atoms with van der Waals surface area (Å²) in [7, 11) is 3.16. The van der Waals surface area contributed by atoms with Crippen LogP contribution in [0.1, 0.15) is 5.56 Å². The maximum Gasteiger partial charge on any atom is 0.249 e. The quantitative estimate of drug-likeness (QED) is 0.479. The Morgan fingerprint density at radius 2 is 2.00 bits per heavy atom. The molecule has 28 heavy (non-hydrogen) atoms. The van der Waals surface area contributed by atoms with Crippen molar-refractivity contribution < 1.29 is 14.3 Å². The summed E-state index contributed by atoms with van der Waals surface area (Å²) in [6, 6.07) is 13.2. The van der Waals surface area contributed by atoms with E-state index in [1.807, 2.05) is 36.5 Å². The summed E-state index contributed by atoms with van der Waals surface area (Å²) >= 11 is 0. The van der Waals surface area contributed by atoms with Crippen LogP contribution in [0.25, 0.3) is 22.3 Å². The highest BCUT2D eigenvalue weighted by atomic mass is 16.5. The zero-order valence-corrected chi connectivity index (χ0v) is 15.4. The molecule has 0 radical (unpaired) electrons. The number of ether oxygens (including phenoxy) is 2. The van der Waals surface area contributed by atoms with Crippen molar-refractivity contribution >= 4 is 22.8 Å². The van der Waals surface area contributed by atoms with E-state index in [1.54, 1.807) is 26.4 Å². The van der Waals surface area contributed by atoms with Gasteiger partial charge in [-0.25, -0.2) is 0 Å². The Bertz CT molecular complexity index is 1130. The SMILES string of the molecule is COc1ccc(-c2nc(NC(=O)Cc3c[nH]c4ccccc34)n[nH]2)c(OC)c1. The lowest BCUT2D eigenvalue weighted by molar-refractivity contribution is -0.115. The van der Waals surface area contributed by atoms with Gasteiger partial charge < -0.3 is 14.5 Å². The zero-order chi connectivity index (χ0) is 19.5. The van der Waals surface area contributed by atoms with Gasteiger partial charge >= 0.3 is 0 Å². The number of nitrogens with one attached hydrogen (secondary N) is 3. The number of amides is 1. The molecule has 3 N–H and O–H groups in total. The van der Waals surface area contributed by atoms with Crippen molar-refractivity contribution in [3.8, 4) is 22.9 Å². The van der Waals surface area contributed by atoms with Crippen molar-refractivity contribution in [3.05, 3.63) is 54.2 Å². The molecule has 0 aliphatic rings. The van der Waals surface area contributed by atoms with Crippen LogP contribution in [0.4, 0.5) is 5.95 Å². The number of carbonyl (C=O) groups excluding carboxylic acids is 1. The number of anilines is 1. The van der Waals surface area contributed by atoms with Gasteiger partial charge in [0.15, 0.2) is 5.82 Å². The van der Waals surface area contributed by atoms with Gasteiger partial charge in [0.05, 0.1) is 26.2 Å². The number of methoxy groups -OCH3 is 2. The van der Waals surface area contributed by atoms with Crippen LogP contribution >= 0.6 is 0 Å². The first-order valence-electron chi connectivity index (χ1n) is 8.67. The molecule has 8 heteroatoms. The number of rotatable bonds is 6. The van der Waals surface area contributed by atoms with Crippen molar-refractivity contribution in [3.63, 3.8) is 0 Å². The minimum atomic E-state index is -0.197. The second-order valence-corrected chi connectivity index (χ2v) is 6.16. The van der Waals surface area contributed by atoms with Crippen LogP contribution in [0, 0.1) is 0 Å². The Kier molecular flexibility index (Phi) is 4.67. The lowest BCUT2D eigenvalue weighted by atomic mass is 10.1. The third-order valence-electron chi connectivity index (χ3n) is 4.43. The van der Waals surface area contributed by atoms with E-state index < -0.39 is 0 Å². The van der Waals surface area contributed by atoms with E-state index in [1.165, 1.54) is 0 Å². The van der Waals surface area contributed by atoms with Crippen LogP contribution in [-0.2, 0) is 11.2 Å². The first kappa shape index (κ1) is 17.6. The second-order valence-electron chi connectivity index (χ2n) is 6.16. The molecule has 0 bridgehead atoms. The maximum absolute atomic E-state index is 12.4. The van der Waals surface area contributed by atoms with E-state index in [2.05, 4.69) is 25.5 Å². The summed E-state index contributed by atoms with van der Waals surface area (Å²) in [6.45, 7) is 0. The summed E-state index contributed by atoms with van der Waals surface area (Å²) in [5.41, 5.74) is 2.63. The molecule has 0 saturated heterocycles. The molecule has 2 aromatic heterocycles. The predicted molar refractivity (Wildman–Crippen MR) is 106 cm³/mol. The standard InChI is InChI=1S/C20H19N5O3/c1-27-13-7-8-15(17(10-13)28-2)19-23-20(25-24-19)22-18(26)9-12-11-21-16-6-4-3-5-14(12)16/h3-8,10-11,21H,9H2,1-2H3,(H2,22,23,24,25,26). The molecule has 0 unspecified atom stereocenters. The highest BCUT2D eigenvalue weighted by Gasteiger charge is 2.15. The third kappa shape index (κ3) is 3.39. The molecule has 0 aliphatic carbocycles. The van der Waals surface area contributed by atoms with E-state index in [9.17, 15) is 4.79 Å². The predicted octanol–water partition coefficient (Wildman–Crippen LogP) is 3.15. The molecule has 0 fully saturated rings. The van der Waals surface area contributed by atoms with E-state index in [0.29, 0.717) is 22.9 Å². The van der Waals surface area contributed by atoms with Crippen molar-refractivity contribution in [2.24, 2.45) is 0 Å². The van der Waals surface area contributed by atoms with Gasteiger partial charge in [0.1, 0.15) is 11.5 Å². The zero-order valence-electron chi connectivity index (χ0n) is 15.4. The summed E-state index contributed by atoms with van der Waals surface area (Å²) in [4.78, 5) is 19.9. The molecule has 2 aromatic carbocycles. The normalized spacial score (nSPS) is 10.8. The maximum atomic E-state index is 12.4. The van der Waals surface area contributed by atoms with E-state index in [-0.39, 0.29) is 18.3 Å². The fourth-order valence-electron chi connectivity index (χ4n) is 3.05. The van der Waals surface area contributed by atoms with Crippen LogP contribution in [0.15, 0.2) is 48.7 Å². The average molecular weight is 377 g/mol. The van der Waals surface area contributed by atoms with Gasteiger partial charge in [-0.1, -0.05) is 18.2 Å². The molecular formula is C20H19N5O3. The number of nitrogens with zero attached hydrogens (tertiary/aromatic N) is 2. The van der Waals surface area contributed by atoms with E-state index in [0.717, 1.165) is 16.5 Å². The first-order chi connectivity index (χ1) is 13.7. The van der Waals surface area contributed by atoms with Crippen LogP contribution < -0.4 is 14.8 Å². The lowest BCUT2D eigenvalue weighted by Crippen LogP contribution is -2.15. The van der Waals surface area contributed by atoms with Gasteiger partial charge in [0, 0.05) is 23.2 Å². The molecule has 2 heterocycles.